The van der Waals surface area contributed by atoms with Crippen LogP contribution in [-0.2, 0) is 12.0 Å². The number of benzene rings is 4. The fourth-order valence-corrected chi connectivity index (χ4v) is 4.15. The molecule has 1 nitrogen and oxygen atoms in total. The summed E-state index contributed by atoms with van der Waals surface area (Å²) >= 11 is 0. The highest BCUT2D eigenvalue weighted by Crippen LogP contribution is 2.45. The first-order chi connectivity index (χ1) is 14.5. The number of hydrogen-bond donors (Lipinski definition) is 0. The predicted octanol–water partition coefficient (Wildman–Crippen LogP) is 8.16. The van der Waals surface area contributed by atoms with E-state index in [1.54, 1.807) is 0 Å². The Morgan fingerprint density at radius 1 is 0.500 bits per heavy atom. The molecule has 0 aliphatic carbocycles. The first-order valence-corrected chi connectivity index (χ1v) is 10.6. The van der Waals surface area contributed by atoms with Gasteiger partial charge in [0.15, 0.2) is 0 Å². The van der Waals surface area contributed by atoms with Crippen LogP contribution in [0, 0.1) is 0 Å². The SMILES string of the molecule is CC(C)(C)c1ccc(C[N+](c2ccccc2)(c2ccccc2)c2ccccc2)cc1. The lowest BCUT2D eigenvalue weighted by Gasteiger charge is -2.37. The number of nitrogens with zero attached hydrogens (tertiary/aromatic N) is 1. The van der Waals surface area contributed by atoms with Crippen molar-refractivity contribution in [2.45, 2.75) is 32.7 Å². The molecule has 4 aromatic carbocycles. The maximum Gasteiger partial charge on any atom is 0.143 e. The molecule has 0 N–H and O–H groups in total. The summed E-state index contributed by atoms with van der Waals surface area (Å²) in [5, 5.41) is 0. The number of para-hydroxylation sites is 3. The van der Waals surface area contributed by atoms with Gasteiger partial charge >= 0.3 is 0 Å². The van der Waals surface area contributed by atoms with Gasteiger partial charge in [-0.05, 0) is 47.4 Å². The Hall–Kier alpha value is -3.16. The summed E-state index contributed by atoms with van der Waals surface area (Å²) in [6, 6.07) is 41.7. The fraction of sp³-hybridized carbons (Fsp3) is 0.172. The van der Waals surface area contributed by atoms with Crippen molar-refractivity contribution in [3.8, 4) is 0 Å². The Morgan fingerprint density at radius 3 is 1.20 bits per heavy atom. The van der Waals surface area contributed by atoms with Gasteiger partial charge in [-0.3, -0.25) is 0 Å². The lowest BCUT2D eigenvalue weighted by atomic mass is 9.86. The number of rotatable bonds is 5. The van der Waals surface area contributed by atoms with Crippen LogP contribution in [0.3, 0.4) is 0 Å². The molecule has 0 spiro atoms. The highest BCUT2D eigenvalue weighted by Gasteiger charge is 2.36. The van der Waals surface area contributed by atoms with Crippen molar-refractivity contribution in [2.75, 3.05) is 0 Å². The maximum absolute atomic E-state index is 2.29. The van der Waals surface area contributed by atoms with Gasteiger partial charge in [-0.25, -0.2) is 4.48 Å². The standard InChI is InChI=1S/C29H30N/c1-29(2,3)25-21-19-24(20-22-25)23-30(26-13-7-4-8-14-26,27-15-9-5-10-16-27)28-17-11-6-12-18-28/h4-22H,23H2,1-3H3/q+1. The van der Waals surface area contributed by atoms with Crippen molar-refractivity contribution < 1.29 is 0 Å². The van der Waals surface area contributed by atoms with Crippen LogP contribution >= 0.6 is 0 Å². The molecule has 0 unspecified atom stereocenters. The molecule has 0 amide bonds. The molecule has 0 aliphatic rings. The molecule has 0 saturated heterocycles. The normalized spacial score (nSPS) is 12.0. The average molecular weight is 393 g/mol. The summed E-state index contributed by atoms with van der Waals surface area (Å²) in [6.07, 6.45) is 0. The minimum atomic E-state index is 0.156. The third-order valence-electron chi connectivity index (χ3n) is 5.83. The molecular formula is C29H30N+. The van der Waals surface area contributed by atoms with Crippen LogP contribution in [0.4, 0.5) is 17.1 Å². The van der Waals surface area contributed by atoms with Crippen LogP contribution < -0.4 is 4.48 Å². The molecule has 0 fully saturated rings. The van der Waals surface area contributed by atoms with E-state index < -0.39 is 0 Å². The summed E-state index contributed by atoms with van der Waals surface area (Å²) < 4.78 is 0.650. The predicted molar refractivity (Wildman–Crippen MR) is 129 cm³/mol. The zero-order valence-electron chi connectivity index (χ0n) is 18.1. The monoisotopic (exact) mass is 392 g/mol. The highest BCUT2D eigenvalue weighted by atomic mass is 15.4. The second-order valence-electron chi connectivity index (χ2n) is 8.92. The fourth-order valence-electron chi connectivity index (χ4n) is 4.15. The average Bonchev–Trinajstić information content (AvgIpc) is 2.79. The zero-order valence-corrected chi connectivity index (χ0v) is 18.1. The van der Waals surface area contributed by atoms with Crippen LogP contribution in [0.5, 0.6) is 0 Å². The van der Waals surface area contributed by atoms with Crippen molar-refractivity contribution in [3.05, 3.63) is 126 Å². The molecule has 0 radical (unpaired) electrons. The van der Waals surface area contributed by atoms with Crippen LogP contribution in [-0.4, -0.2) is 0 Å². The topological polar surface area (TPSA) is 0 Å². The molecule has 4 rings (SSSR count). The molecule has 0 aromatic heterocycles. The van der Waals surface area contributed by atoms with Gasteiger partial charge in [0.1, 0.15) is 23.6 Å². The third kappa shape index (κ3) is 3.94. The van der Waals surface area contributed by atoms with E-state index in [0.717, 1.165) is 6.54 Å². The van der Waals surface area contributed by atoms with Gasteiger partial charge in [-0.15, -0.1) is 0 Å². The second-order valence-corrected chi connectivity index (χ2v) is 8.92. The van der Waals surface area contributed by atoms with Gasteiger partial charge in [-0.2, -0.15) is 0 Å². The molecular weight excluding hydrogens is 362 g/mol. The Bertz CT molecular complexity index is 963. The molecule has 30 heavy (non-hydrogen) atoms. The molecule has 0 saturated carbocycles. The lowest BCUT2D eigenvalue weighted by molar-refractivity contribution is 0.511. The van der Waals surface area contributed by atoms with E-state index in [-0.39, 0.29) is 5.41 Å². The first-order valence-electron chi connectivity index (χ1n) is 10.6. The molecule has 0 bridgehead atoms. The molecule has 4 aromatic rings. The van der Waals surface area contributed by atoms with Gasteiger partial charge < -0.3 is 0 Å². The van der Waals surface area contributed by atoms with E-state index in [2.05, 4.69) is 136 Å². The van der Waals surface area contributed by atoms with E-state index in [9.17, 15) is 0 Å². The van der Waals surface area contributed by atoms with Crippen molar-refractivity contribution in [3.63, 3.8) is 0 Å². The van der Waals surface area contributed by atoms with Crippen molar-refractivity contribution in [2.24, 2.45) is 0 Å². The quantitative estimate of drug-likeness (QED) is 0.301. The van der Waals surface area contributed by atoms with Crippen molar-refractivity contribution in [1.29, 1.82) is 0 Å². The van der Waals surface area contributed by atoms with Gasteiger partial charge in [-0.1, -0.05) is 99.6 Å². The van der Waals surface area contributed by atoms with E-state index in [0.29, 0.717) is 4.48 Å². The van der Waals surface area contributed by atoms with Crippen LogP contribution in [0.25, 0.3) is 0 Å². The molecule has 0 heterocycles. The first kappa shape index (κ1) is 20.1. The van der Waals surface area contributed by atoms with Crippen molar-refractivity contribution >= 4 is 17.1 Å². The van der Waals surface area contributed by atoms with Crippen LogP contribution in [0.2, 0.25) is 0 Å². The Morgan fingerprint density at radius 2 is 0.867 bits per heavy atom. The zero-order chi connectivity index (χ0) is 21.0. The Balaban J connectivity index is 1.91. The van der Waals surface area contributed by atoms with Gasteiger partial charge in [0.25, 0.3) is 0 Å². The van der Waals surface area contributed by atoms with E-state index in [1.165, 1.54) is 28.2 Å². The summed E-state index contributed by atoms with van der Waals surface area (Å²) in [7, 11) is 0. The van der Waals surface area contributed by atoms with Gasteiger partial charge in [0.05, 0.1) is 0 Å². The minimum Gasteiger partial charge on any atom is -0.223 e. The molecule has 1 heteroatoms. The molecule has 0 atom stereocenters. The van der Waals surface area contributed by atoms with E-state index in [4.69, 9.17) is 0 Å². The highest BCUT2D eigenvalue weighted by molar-refractivity contribution is 5.70. The minimum absolute atomic E-state index is 0.156. The Kier molecular flexibility index (Phi) is 5.57. The molecule has 0 aliphatic heterocycles. The van der Waals surface area contributed by atoms with Crippen LogP contribution in [0.1, 0.15) is 31.9 Å². The third-order valence-corrected chi connectivity index (χ3v) is 5.83. The summed E-state index contributed by atoms with van der Waals surface area (Å²) in [4.78, 5) is 0. The van der Waals surface area contributed by atoms with Crippen LogP contribution in [0.15, 0.2) is 115 Å². The summed E-state index contributed by atoms with van der Waals surface area (Å²) in [6.45, 7) is 7.64. The van der Waals surface area contributed by atoms with Gasteiger partial charge in [0, 0.05) is 5.56 Å². The summed E-state index contributed by atoms with van der Waals surface area (Å²) in [5.41, 5.74) is 6.62. The largest absolute Gasteiger partial charge is 0.223 e. The van der Waals surface area contributed by atoms with E-state index in [1.807, 2.05) is 0 Å². The lowest BCUT2D eigenvalue weighted by Crippen LogP contribution is -2.38. The Labute approximate surface area is 180 Å². The second kappa shape index (κ2) is 8.30. The number of hydrogen-bond acceptors (Lipinski definition) is 0. The maximum atomic E-state index is 2.29. The summed E-state index contributed by atoms with van der Waals surface area (Å²) in [5.74, 6) is 0. The van der Waals surface area contributed by atoms with E-state index >= 15 is 0 Å². The van der Waals surface area contributed by atoms with Crippen molar-refractivity contribution in [1.82, 2.24) is 4.48 Å². The smallest absolute Gasteiger partial charge is 0.143 e. The number of quaternary nitrogens is 1. The van der Waals surface area contributed by atoms with Gasteiger partial charge in [0.2, 0.25) is 0 Å². The molecule has 150 valence electrons.